The third kappa shape index (κ3) is 78.5. The number of ether oxygens (including phenoxy) is 4. The summed E-state index contributed by atoms with van der Waals surface area (Å²) >= 11 is 8.19. The van der Waals surface area contributed by atoms with Crippen molar-refractivity contribution in [1.29, 1.82) is 0 Å². The fourth-order valence-electron chi connectivity index (χ4n) is 16.1. The Kier molecular flexibility index (Phi) is 87.7. The Morgan fingerprint density at radius 1 is 0.220 bits per heavy atom. The van der Waals surface area contributed by atoms with Crippen LogP contribution < -0.4 is 9.05 Å². The van der Waals surface area contributed by atoms with Crippen molar-refractivity contribution >= 4 is 82.5 Å². The summed E-state index contributed by atoms with van der Waals surface area (Å²) in [6, 6.07) is 18.0. The van der Waals surface area contributed by atoms with Crippen LogP contribution in [0.1, 0.15) is 541 Å². The molecule has 10 nitrogen and oxygen atoms in total. The highest BCUT2D eigenvalue weighted by atomic mass is 33.1. The quantitative estimate of drug-likeness (QED) is 0.0270. The van der Waals surface area contributed by atoms with E-state index in [1.165, 1.54) is 396 Å². The molecule has 2 rings (SSSR count). The Balaban J connectivity index is 1.90. The lowest BCUT2D eigenvalue weighted by Crippen LogP contribution is -2.18. The van der Waals surface area contributed by atoms with Crippen LogP contribution in [0.3, 0.4) is 0 Å². The molecular formula is C107H194O10P2S4. The summed E-state index contributed by atoms with van der Waals surface area (Å²) < 4.78 is 36.1. The summed E-state index contributed by atoms with van der Waals surface area (Å²) in [5.41, 5.74) is 2.36. The van der Waals surface area contributed by atoms with Gasteiger partial charge in [0.25, 0.3) is 0 Å². The van der Waals surface area contributed by atoms with Crippen molar-refractivity contribution in [3.05, 3.63) is 59.7 Å². The minimum absolute atomic E-state index is 0.00466. The lowest BCUT2D eigenvalue weighted by atomic mass is 9.78. The predicted octanol–water partition coefficient (Wildman–Crippen LogP) is 38.1. The molecule has 16 heteroatoms. The van der Waals surface area contributed by atoms with E-state index < -0.39 is 13.1 Å². The first kappa shape index (κ1) is 117. The lowest BCUT2D eigenvalue weighted by molar-refractivity contribution is -0.144. The highest BCUT2D eigenvalue weighted by Crippen LogP contribution is 2.63. The van der Waals surface area contributed by atoms with Crippen LogP contribution in [0.2, 0.25) is 0 Å². The fraction of sp³-hybridized carbons (Fsp3) is 0.850. The first-order chi connectivity index (χ1) is 60.5. The van der Waals surface area contributed by atoms with E-state index in [4.69, 9.17) is 28.0 Å². The molecule has 0 aliphatic heterocycles. The molecule has 0 fully saturated rings. The molecule has 0 saturated carbocycles. The van der Waals surface area contributed by atoms with Gasteiger partial charge in [-0.3, -0.25) is 19.2 Å². The molecule has 716 valence electrons. The van der Waals surface area contributed by atoms with Crippen molar-refractivity contribution in [2.75, 3.05) is 49.4 Å². The van der Waals surface area contributed by atoms with Crippen LogP contribution in [-0.4, -0.2) is 73.3 Å². The van der Waals surface area contributed by atoms with Crippen LogP contribution in [0, 0.1) is 0 Å². The van der Waals surface area contributed by atoms with Gasteiger partial charge in [0.1, 0.15) is 11.5 Å². The second-order valence-corrected chi connectivity index (χ2v) is 49.0. The van der Waals surface area contributed by atoms with Crippen molar-refractivity contribution in [2.24, 2.45) is 0 Å². The molecule has 0 spiro atoms. The van der Waals surface area contributed by atoms with E-state index in [1.807, 2.05) is 45.5 Å². The summed E-state index contributed by atoms with van der Waals surface area (Å²) in [6.07, 6.45) is 91.9. The largest absolute Gasteiger partial charge is 0.466 e. The average molecular weight is 1830 g/mol. The first-order valence-electron chi connectivity index (χ1n) is 52.8. The van der Waals surface area contributed by atoms with Crippen LogP contribution in [0.25, 0.3) is 0 Å². The Hall–Kier alpha value is -1.82. The van der Waals surface area contributed by atoms with Gasteiger partial charge in [0.15, 0.2) is 0 Å². The minimum atomic E-state index is -0.734. The maximum absolute atomic E-state index is 12.3. The van der Waals surface area contributed by atoms with Crippen LogP contribution in [-0.2, 0) is 43.5 Å². The minimum Gasteiger partial charge on any atom is -0.466 e. The summed E-state index contributed by atoms with van der Waals surface area (Å²) in [5.74, 6) is 6.46. The van der Waals surface area contributed by atoms with Gasteiger partial charge >= 0.3 is 23.9 Å². The molecule has 0 heterocycles. The molecule has 0 atom stereocenters. The smallest absolute Gasteiger partial charge is 0.305 e. The fourth-order valence-corrected chi connectivity index (χ4v) is 28.4. The predicted molar refractivity (Wildman–Crippen MR) is 547 cm³/mol. The van der Waals surface area contributed by atoms with E-state index in [9.17, 15) is 19.2 Å². The van der Waals surface area contributed by atoms with E-state index >= 15 is 0 Å². The highest BCUT2D eigenvalue weighted by Gasteiger charge is 2.25. The molecule has 2 aromatic rings. The topological polar surface area (TPSA) is 124 Å². The summed E-state index contributed by atoms with van der Waals surface area (Å²) in [4.78, 5) is 49.3. The van der Waals surface area contributed by atoms with Gasteiger partial charge in [-0.2, -0.15) is 0 Å². The summed E-state index contributed by atoms with van der Waals surface area (Å²) in [6.45, 7) is 14.7. The van der Waals surface area contributed by atoms with E-state index in [-0.39, 0.29) is 29.3 Å². The Bertz CT molecular complexity index is 2290. The molecule has 0 bridgehead atoms. The molecular weight excluding hydrogens is 1640 g/mol. The Morgan fingerprint density at radius 2 is 0.374 bits per heavy atom. The third-order valence-corrected chi connectivity index (χ3v) is 37.3. The molecule has 2 aromatic carbocycles. The SMILES string of the molecule is CCCCCCCCCCCOC(=O)CCCCCCCCCCCSP(Oc1ccc(C(C)(C)c2ccc(OP(SCCCCCCCCCCCC(=O)OCCCCCCCCCCC)SCCCCCCCCCCCC(=O)OCCCCCCCCCCC)cc2)cc1)SCCCCCCCCCCCC(=O)OCCCCCCCCCCC. The van der Waals surface area contributed by atoms with Gasteiger partial charge in [-0.05, 0) is 112 Å². The lowest BCUT2D eigenvalue weighted by Gasteiger charge is -2.27. The molecule has 0 N–H and O–H groups in total. The van der Waals surface area contributed by atoms with Crippen LogP contribution >= 0.6 is 58.6 Å². The van der Waals surface area contributed by atoms with Crippen molar-refractivity contribution in [2.45, 2.75) is 535 Å². The number of rotatable bonds is 98. The van der Waals surface area contributed by atoms with Gasteiger partial charge in [0.05, 0.1) is 26.4 Å². The standard InChI is InChI=1S/C107H194O10P2S4/c1-7-11-15-19-23-35-47-59-71-91-112-103(108)79-67-55-43-31-27-39-51-63-75-95-120-118(121-96-76-64-52-40-28-32-44-56-68-80-104(109)113-92-72-60-48-36-24-20-16-12-8-2)116-101-87-83-99(84-88-101)107(5,6)100-85-89-102(90-86-100)117-119(122-97-77-65-53-41-29-33-45-57-69-81-105(110)114-93-73-61-49-37-25-21-17-13-9-3)123-98-78-66-54-42-30-34-46-58-70-82-106(111)115-94-74-62-50-38-26-22-18-14-10-4/h83-90H,7-82,91-98H2,1-6H3. The van der Waals surface area contributed by atoms with Gasteiger partial charge in [-0.1, -0.05) is 497 Å². The zero-order valence-electron chi connectivity index (χ0n) is 81.1. The number of benzene rings is 2. The first-order valence-corrected chi connectivity index (χ1v) is 61.7. The maximum atomic E-state index is 12.3. The normalized spacial score (nSPS) is 11.7. The molecule has 0 aliphatic carbocycles. The molecule has 0 aromatic heterocycles. The van der Waals surface area contributed by atoms with E-state index in [1.54, 1.807) is 0 Å². The third-order valence-electron chi connectivity index (χ3n) is 24.4. The second-order valence-electron chi connectivity index (χ2n) is 36.6. The average Bonchev–Trinajstić information content (AvgIpc) is 0.801. The van der Waals surface area contributed by atoms with Crippen molar-refractivity contribution in [3.63, 3.8) is 0 Å². The van der Waals surface area contributed by atoms with Gasteiger partial charge in [0, 0.05) is 54.1 Å². The number of hydrogen-bond donors (Lipinski definition) is 0. The van der Waals surface area contributed by atoms with Crippen LogP contribution in [0.4, 0.5) is 0 Å². The zero-order chi connectivity index (χ0) is 88.4. The molecule has 0 amide bonds. The second kappa shape index (κ2) is 92.0. The van der Waals surface area contributed by atoms with Crippen molar-refractivity contribution in [1.82, 2.24) is 0 Å². The van der Waals surface area contributed by atoms with Gasteiger partial charge in [-0.25, -0.2) is 0 Å². The molecule has 0 unspecified atom stereocenters. The summed E-state index contributed by atoms with van der Waals surface area (Å²) in [5, 5.41) is 0. The van der Waals surface area contributed by atoms with Crippen LogP contribution in [0.5, 0.6) is 11.5 Å². The Morgan fingerprint density at radius 3 is 0.553 bits per heavy atom. The van der Waals surface area contributed by atoms with Gasteiger partial charge in [0.2, 0.25) is 13.1 Å². The molecule has 0 saturated heterocycles. The number of esters is 4. The monoisotopic (exact) mass is 1830 g/mol. The van der Waals surface area contributed by atoms with E-state index in [2.05, 4.69) is 90.1 Å². The van der Waals surface area contributed by atoms with Crippen molar-refractivity contribution < 1.29 is 47.2 Å². The number of carbonyl (C=O) groups is 4. The van der Waals surface area contributed by atoms with Crippen LogP contribution in [0.15, 0.2) is 48.5 Å². The van der Waals surface area contributed by atoms with Gasteiger partial charge in [-0.15, -0.1) is 0 Å². The molecule has 123 heavy (non-hydrogen) atoms. The Labute approximate surface area is 779 Å². The zero-order valence-corrected chi connectivity index (χ0v) is 86.2. The van der Waals surface area contributed by atoms with Gasteiger partial charge < -0.3 is 28.0 Å². The summed E-state index contributed by atoms with van der Waals surface area (Å²) in [7, 11) is 0. The number of unbranched alkanes of at least 4 members (excludes halogenated alkanes) is 64. The maximum Gasteiger partial charge on any atom is 0.305 e. The number of carbonyl (C=O) groups excluding carboxylic acids is 4. The molecule has 0 radical (unpaired) electrons. The highest BCUT2D eigenvalue weighted by molar-refractivity contribution is 8.87. The number of hydrogen-bond acceptors (Lipinski definition) is 14. The molecule has 0 aliphatic rings. The van der Waals surface area contributed by atoms with E-state index in [0.717, 1.165) is 112 Å². The van der Waals surface area contributed by atoms with Crippen molar-refractivity contribution in [3.8, 4) is 11.5 Å². The van der Waals surface area contributed by atoms with E-state index in [0.29, 0.717) is 52.1 Å².